The number of rotatable bonds is 2. The molecule has 0 spiro atoms. The highest BCUT2D eigenvalue weighted by atomic mass is 16.6. The predicted molar refractivity (Wildman–Crippen MR) is 85.6 cm³/mol. The minimum Gasteiger partial charge on any atom is -0.486 e. The SMILES string of the molecule is O=C1C[C@@H](c2ccccc2[N+](=O)[O-])c2cc3c(cc2N1)OCCO3. The van der Waals surface area contributed by atoms with Crippen LogP contribution in [-0.4, -0.2) is 24.0 Å². The van der Waals surface area contributed by atoms with Crippen molar-refractivity contribution in [1.29, 1.82) is 0 Å². The van der Waals surface area contributed by atoms with E-state index in [4.69, 9.17) is 9.47 Å². The lowest BCUT2D eigenvalue weighted by Gasteiger charge is -2.28. The van der Waals surface area contributed by atoms with Crippen molar-refractivity contribution in [2.45, 2.75) is 12.3 Å². The summed E-state index contributed by atoms with van der Waals surface area (Å²) in [5, 5.41) is 14.2. The number of carbonyl (C=O) groups excluding carboxylic acids is 1. The van der Waals surface area contributed by atoms with E-state index in [0.29, 0.717) is 36.0 Å². The van der Waals surface area contributed by atoms with E-state index in [-0.39, 0.29) is 18.0 Å². The molecule has 0 aromatic heterocycles. The molecule has 24 heavy (non-hydrogen) atoms. The first-order chi connectivity index (χ1) is 11.6. The molecule has 0 radical (unpaired) electrons. The van der Waals surface area contributed by atoms with Gasteiger partial charge in [-0.3, -0.25) is 14.9 Å². The molecular formula is C17H14N2O5. The maximum Gasteiger partial charge on any atom is 0.273 e. The Kier molecular flexibility index (Phi) is 3.34. The Morgan fingerprint density at radius 3 is 2.54 bits per heavy atom. The van der Waals surface area contributed by atoms with Crippen molar-refractivity contribution in [3.05, 3.63) is 57.6 Å². The maximum absolute atomic E-state index is 12.1. The van der Waals surface area contributed by atoms with Crippen molar-refractivity contribution >= 4 is 17.3 Å². The molecule has 0 saturated carbocycles. The number of carbonyl (C=O) groups is 1. The van der Waals surface area contributed by atoms with Crippen LogP contribution in [0.4, 0.5) is 11.4 Å². The van der Waals surface area contributed by atoms with Crippen LogP contribution < -0.4 is 14.8 Å². The number of hydrogen-bond acceptors (Lipinski definition) is 5. The van der Waals surface area contributed by atoms with E-state index in [2.05, 4.69) is 5.32 Å². The van der Waals surface area contributed by atoms with Crippen LogP contribution in [0, 0.1) is 10.1 Å². The Hall–Kier alpha value is -3.09. The van der Waals surface area contributed by atoms with Gasteiger partial charge in [0.2, 0.25) is 5.91 Å². The van der Waals surface area contributed by atoms with Gasteiger partial charge in [-0.05, 0) is 11.6 Å². The van der Waals surface area contributed by atoms with Gasteiger partial charge in [-0.25, -0.2) is 0 Å². The number of fused-ring (bicyclic) bond motifs is 2. The van der Waals surface area contributed by atoms with Gasteiger partial charge in [-0.2, -0.15) is 0 Å². The van der Waals surface area contributed by atoms with E-state index in [9.17, 15) is 14.9 Å². The fraction of sp³-hybridized carbons (Fsp3) is 0.235. The van der Waals surface area contributed by atoms with Gasteiger partial charge in [0.05, 0.1) is 4.92 Å². The number of hydrogen-bond donors (Lipinski definition) is 1. The second-order valence-electron chi connectivity index (χ2n) is 5.70. The molecule has 0 unspecified atom stereocenters. The zero-order valence-electron chi connectivity index (χ0n) is 12.7. The molecule has 4 rings (SSSR count). The Balaban J connectivity index is 1.87. The van der Waals surface area contributed by atoms with Gasteiger partial charge >= 0.3 is 0 Å². The number of nitro benzene ring substituents is 1. The first kappa shape index (κ1) is 14.5. The standard InChI is InChI=1S/C17H14N2O5/c20-17-8-11(10-3-1-2-4-14(10)19(21)22)12-7-15-16(9-13(12)18-17)24-6-5-23-15/h1-4,7,9,11H,5-6,8H2,(H,18,20)/t11-/m0/s1. The minimum atomic E-state index is -0.417. The summed E-state index contributed by atoms with van der Waals surface area (Å²) >= 11 is 0. The second-order valence-corrected chi connectivity index (χ2v) is 5.70. The third-order valence-corrected chi connectivity index (χ3v) is 4.26. The lowest BCUT2D eigenvalue weighted by Crippen LogP contribution is -2.25. The van der Waals surface area contributed by atoms with Crippen molar-refractivity contribution in [1.82, 2.24) is 0 Å². The molecule has 122 valence electrons. The highest BCUT2D eigenvalue weighted by Crippen LogP contribution is 2.45. The summed E-state index contributed by atoms with van der Waals surface area (Å²) in [6.45, 7) is 0.904. The molecule has 1 amide bonds. The van der Waals surface area contributed by atoms with E-state index in [1.807, 2.05) is 6.07 Å². The number of nitrogens with zero attached hydrogens (tertiary/aromatic N) is 1. The molecule has 2 aliphatic rings. The smallest absolute Gasteiger partial charge is 0.273 e. The van der Waals surface area contributed by atoms with Crippen LogP contribution in [0.5, 0.6) is 11.5 Å². The summed E-state index contributed by atoms with van der Waals surface area (Å²) in [5.74, 6) is 0.594. The number of para-hydroxylation sites is 1. The van der Waals surface area contributed by atoms with Crippen LogP contribution in [0.15, 0.2) is 36.4 Å². The number of nitro groups is 1. The van der Waals surface area contributed by atoms with E-state index in [1.54, 1.807) is 24.3 Å². The van der Waals surface area contributed by atoms with Crippen LogP contribution in [0.25, 0.3) is 0 Å². The lowest BCUT2D eigenvalue weighted by molar-refractivity contribution is -0.385. The molecule has 7 nitrogen and oxygen atoms in total. The quantitative estimate of drug-likeness (QED) is 0.677. The third-order valence-electron chi connectivity index (χ3n) is 4.26. The number of nitrogens with one attached hydrogen (secondary N) is 1. The number of ether oxygens (including phenoxy) is 2. The van der Waals surface area contributed by atoms with Gasteiger partial charge in [-0.15, -0.1) is 0 Å². The minimum absolute atomic E-state index is 0.0121. The maximum atomic E-state index is 12.1. The molecule has 0 fully saturated rings. The Morgan fingerprint density at radius 1 is 1.08 bits per heavy atom. The predicted octanol–water partition coefficient (Wildman–Crippen LogP) is 2.84. The summed E-state index contributed by atoms with van der Waals surface area (Å²) in [7, 11) is 0. The monoisotopic (exact) mass is 326 g/mol. The summed E-state index contributed by atoms with van der Waals surface area (Å²) in [5.41, 5.74) is 1.94. The number of amides is 1. The summed E-state index contributed by atoms with van der Waals surface area (Å²) in [4.78, 5) is 23.0. The van der Waals surface area contributed by atoms with Crippen LogP contribution in [0.2, 0.25) is 0 Å². The Bertz CT molecular complexity index is 849. The van der Waals surface area contributed by atoms with Crippen LogP contribution in [0.1, 0.15) is 23.5 Å². The van der Waals surface area contributed by atoms with Crippen LogP contribution in [-0.2, 0) is 4.79 Å². The fourth-order valence-corrected chi connectivity index (χ4v) is 3.22. The average molecular weight is 326 g/mol. The van der Waals surface area contributed by atoms with Gasteiger partial charge in [0.25, 0.3) is 5.69 Å². The Morgan fingerprint density at radius 2 is 1.79 bits per heavy atom. The molecule has 0 saturated heterocycles. The summed E-state index contributed by atoms with van der Waals surface area (Å²) in [6.07, 6.45) is 0.150. The van der Waals surface area contributed by atoms with Crippen molar-refractivity contribution in [3.63, 3.8) is 0 Å². The molecule has 7 heteroatoms. The third kappa shape index (κ3) is 2.34. The highest BCUT2D eigenvalue weighted by molar-refractivity contribution is 5.96. The molecular weight excluding hydrogens is 312 g/mol. The van der Waals surface area contributed by atoms with Crippen LogP contribution >= 0.6 is 0 Å². The molecule has 1 atom stereocenters. The van der Waals surface area contributed by atoms with Crippen molar-refractivity contribution in [3.8, 4) is 11.5 Å². The van der Waals surface area contributed by atoms with Crippen LogP contribution in [0.3, 0.4) is 0 Å². The topological polar surface area (TPSA) is 90.7 Å². The zero-order chi connectivity index (χ0) is 16.7. The molecule has 2 aromatic rings. The van der Waals surface area contributed by atoms with Gasteiger partial charge in [0.1, 0.15) is 13.2 Å². The van der Waals surface area contributed by atoms with Gasteiger partial charge < -0.3 is 14.8 Å². The molecule has 2 aromatic carbocycles. The van der Waals surface area contributed by atoms with Gasteiger partial charge in [0.15, 0.2) is 11.5 Å². The van der Waals surface area contributed by atoms with E-state index in [1.165, 1.54) is 6.07 Å². The second kappa shape index (κ2) is 5.52. The van der Waals surface area contributed by atoms with E-state index in [0.717, 1.165) is 5.56 Å². The lowest BCUT2D eigenvalue weighted by atomic mass is 9.83. The van der Waals surface area contributed by atoms with Gasteiger partial charge in [-0.1, -0.05) is 18.2 Å². The summed E-state index contributed by atoms with van der Waals surface area (Å²) in [6, 6.07) is 10.1. The van der Waals surface area contributed by atoms with E-state index < -0.39 is 10.8 Å². The molecule has 2 heterocycles. The van der Waals surface area contributed by atoms with Crippen molar-refractivity contribution in [2.75, 3.05) is 18.5 Å². The summed E-state index contributed by atoms with van der Waals surface area (Å²) < 4.78 is 11.1. The largest absolute Gasteiger partial charge is 0.486 e. The highest BCUT2D eigenvalue weighted by Gasteiger charge is 2.32. The first-order valence-corrected chi connectivity index (χ1v) is 7.60. The average Bonchev–Trinajstić information content (AvgIpc) is 2.59. The van der Waals surface area contributed by atoms with E-state index >= 15 is 0 Å². The molecule has 0 aliphatic carbocycles. The van der Waals surface area contributed by atoms with Crippen molar-refractivity contribution < 1.29 is 19.2 Å². The fourth-order valence-electron chi connectivity index (χ4n) is 3.22. The molecule has 1 N–H and O–H groups in total. The first-order valence-electron chi connectivity index (χ1n) is 7.60. The normalized spacial score (nSPS) is 18.5. The number of benzene rings is 2. The zero-order valence-corrected chi connectivity index (χ0v) is 12.7. The van der Waals surface area contributed by atoms with Crippen molar-refractivity contribution in [2.24, 2.45) is 0 Å². The molecule has 0 bridgehead atoms. The Labute approximate surface area is 137 Å². The van der Waals surface area contributed by atoms with Gasteiger partial charge in [0, 0.05) is 35.7 Å². The molecule has 2 aliphatic heterocycles. The number of anilines is 1.